The maximum absolute atomic E-state index is 11.8. The lowest BCUT2D eigenvalue weighted by Gasteiger charge is -2.15. The van der Waals surface area contributed by atoms with Gasteiger partial charge in [-0.15, -0.1) is 0 Å². The van der Waals surface area contributed by atoms with Crippen molar-refractivity contribution in [3.8, 4) is 5.75 Å². The van der Waals surface area contributed by atoms with Gasteiger partial charge in [0.2, 0.25) is 0 Å². The smallest absolute Gasteiger partial charge is 0.257 e. The van der Waals surface area contributed by atoms with Crippen molar-refractivity contribution >= 4 is 5.91 Å². The minimum absolute atomic E-state index is 0.0379. The standard InChI is InChI=1S/C18H29NO2/c1-5-7-8-16(6-2)12-19-18(20)13-21-17-10-14(3)9-15(4)11-17/h9-11,16H,5-8,12-13H2,1-4H3,(H,19,20). The summed E-state index contributed by atoms with van der Waals surface area (Å²) in [5.74, 6) is 1.31. The van der Waals surface area contributed by atoms with Gasteiger partial charge in [-0.1, -0.05) is 39.2 Å². The monoisotopic (exact) mass is 291 g/mol. The molecule has 0 aliphatic rings. The zero-order valence-corrected chi connectivity index (χ0v) is 13.9. The molecule has 3 nitrogen and oxygen atoms in total. The van der Waals surface area contributed by atoms with E-state index >= 15 is 0 Å². The van der Waals surface area contributed by atoms with Crippen LogP contribution in [0.3, 0.4) is 0 Å². The normalized spacial score (nSPS) is 12.0. The van der Waals surface area contributed by atoms with Crippen LogP contribution in [-0.4, -0.2) is 19.1 Å². The van der Waals surface area contributed by atoms with Crippen molar-refractivity contribution in [2.45, 2.75) is 53.4 Å². The first kappa shape index (κ1) is 17.5. The Morgan fingerprint density at radius 3 is 2.43 bits per heavy atom. The lowest BCUT2D eigenvalue weighted by Crippen LogP contribution is -2.33. The van der Waals surface area contributed by atoms with Gasteiger partial charge in [-0.25, -0.2) is 0 Å². The van der Waals surface area contributed by atoms with Gasteiger partial charge in [0.05, 0.1) is 0 Å². The third-order valence-corrected chi connectivity index (χ3v) is 3.70. The third kappa shape index (κ3) is 7.16. The zero-order valence-electron chi connectivity index (χ0n) is 13.9. The van der Waals surface area contributed by atoms with Crippen molar-refractivity contribution in [1.29, 1.82) is 0 Å². The highest BCUT2D eigenvalue weighted by molar-refractivity contribution is 5.77. The Morgan fingerprint density at radius 2 is 1.86 bits per heavy atom. The quantitative estimate of drug-likeness (QED) is 0.746. The van der Waals surface area contributed by atoms with E-state index in [0.717, 1.165) is 29.8 Å². The van der Waals surface area contributed by atoms with Gasteiger partial charge in [-0.05, 0) is 49.4 Å². The average Bonchev–Trinajstić information content (AvgIpc) is 2.44. The molecule has 118 valence electrons. The van der Waals surface area contributed by atoms with Crippen molar-refractivity contribution < 1.29 is 9.53 Å². The second-order valence-corrected chi connectivity index (χ2v) is 5.83. The van der Waals surface area contributed by atoms with Crippen LogP contribution >= 0.6 is 0 Å². The van der Waals surface area contributed by atoms with Crippen LogP contribution in [-0.2, 0) is 4.79 Å². The van der Waals surface area contributed by atoms with Crippen LogP contribution < -0.4 is 10.1 Å². The van der Waals surface area contributed by atoms with E-state index in [-0.39, 0.29) is 12.5 Å². The number of nitrogens with one attached hydrogen (secondary N) is 1. The number of amides is 1. The van der Waals surface area contributed by atoms with Crippen LogP contribution in [0.4, 0.5) is 0 Å². The first-order valence-electron chi connectivity index (χ1n) is 8.03. The molecule has 0 aromatic heterocycles. The Hall–Kier alpha value is -1.51. The third-order valence-electron chi connectivity index (χ3n) is 3.70. The van der Waals surface area contributed by atoms with E-state index in [4.69, 9.17) is 4.74 Å². The summed E-state index contributed by atoms with van der Waals surface area (Å²) in [6, 6.07) is 6.00. The maximum Gasteiger partial charge on any atom is 0.257 e. The summed E-state index contributed by atoms with van der Waals surface area (Å²) in [5.41, 5.74) is 2.30. The molecule has 3 heteroatoms. The molecule has 0 heterocycles. The Kier molecular flexibility index (Phi) is 7.88. The molecule has 0 aliphatic heterocycles. The van der Waals surface area contributed by atoms with Gasteiger partial charge in [0.15, 0.2) is 6.61 Å². The topological polar surface area (TPSA) is 38.3 Å². The molecule has 1 aromatic carbocycles. The number of aryl methyl sites for hydroxylation is 2. The molecule has 21 heavy (non-hydrogen) atoms. The molecule has 1 rings (SSSR count). The molecule has 0 fully saturated rings. The van der Waals surface area contributed by atoms with E-state index in [1.54, 1.807) is 0 Å². The lowest BCUT2D eigenvalue weighted by atomic mass is 9.99. The van der Waals surface area contributed by atoms with Crippen molar-refractivity contribution in [3.05, 3.63) is 29.3 Å². The summed E-state index contributed by atoms with van der Waals surface area (Å²) >= 11 is 0. The number of carbonyl (C=O) groups excluding carboxylic acids is 1. The van der Waals surface area contributed by atoms with E-state index in [0.29, 0.717) is 5.92 Å². The highest BCUT2D eigenvalue weighted by Crippen LogP contribution is 2.16. The fourth-order valence-corrected chi connectivity index (χ4v) is 2.42. The predicted octanol–water partition coefficient (Wildman–Crippen LogP) is 4.01. The molecule has 1 atom stereocenters. The average molecular weight is 291 g/mol. The van der Waals surface area contributed by atoms with E-state index < -0.39 is 0 Å². The molecular formula is C18H29NO2. The van der Waals surface area contributed by atoms with Gasteiger partial charge >= 0.3 is 0 Å². The first-order valence-corrected chi connectivity index (χ1v) is 8.03. The lowest BCUT2D eigenvalue weighted by molar-refractivity contribution is -0.123. The largest absolute Gasteiger partial charge is 0.484 e. The van der Waals surface area contributed by atoms with E-state index in [1.807, 2.05) is 26.0 Å². The number of carbonyl (C=O) groups is 1. The fraction of sp³-hybridized carbons (Fsp3) is 0.611. The molecular weight excluding hydrogens is 262 g/mol. The highest BCUT2D eigenvalue weighted by atomic mass is 16.5. The Morgan fingerprint density at radius 1 is 1.19 bits per heavy atom. The highest BCUT2D eigenvalue weighted by Gasteiger charge is 2.09. The Balaban J connectivity index is 2.33. The predicted molar refractivity (Wildman–Crippen MR) is 87.7 cm³/mol. The minimum Gasteiger partial charge on any atom is -0.484 e. The van der Waals surface area contributed by atoms with Crippen LogP contribution in [0, 0.1) is 19.8 Å². The van der Waals surface area contributed by atoms with Gasteiger partial charge in [0.1, 0.15) is 5.75 Å². The number of benzene rings is 1. The van der Waals surface area contributed by atoms with Gasteiger partial charge in [0.25, 0.3) is 5.91 Å². The summed E-state index contributed by atoms with van der Waals surface area (Å²) in [6.45, 7) is 9.28. The molecule has 0 aliphatic carbocycles. The van der Waals surface area contributed by atoms with E-state index in [9.17, 15) is 4.79 Å². The fourth-order valence-electron chi connectivity index (χ4n) is 2.42. The van der Waals surface area contributed by atoms with Gasteiger partial charge in [0, 0.05) is 6.54 Å². The van der Waals surface area contributed by atoms with Gasteiger partial charge in [-0.2, -0.15) is 0 Å². The minimum atomic E-state index is -0.0379. The van der Waals surface area contributed by atoms with Crippen molar-refractivity contribution in [1.82, 2.24) is 5.32 Å². The number of rotatable bonds is 9. The van der Waals surface area contributed by atoms with Crippen LogP contribution in [0.1, 0.15) is 50.7 Å². The molecule has 1 unspecified atom stereocenters. The molecule has 0 spiro atoms. The van der Waals surface area contributed by atoms with Crippen molar-refractivity contribution in [2.24, 2.45) is 5.92 Å². The van der Waals surface area contributed by atoms with Crippen molar-refractivity contribution in [2.75, 3.05) is 13.2 Å². The summed E-state index contributed by atoms with van der Waals surface area (Å²) in [4.78, 5) is 11.8. The summed E-state index contributed by atoms with van der Waals surface area (Å²) in [5, 5.41) is 2.98. The number of ether oxygens (including phenoxy) is 1. The molecule has 1 N–H and O–H groups in total. The number of hydrogen-bond acceptors (Lipinski definition) is 2. The van der Waals surface area contributed by atoms with Crippen LogP contribution in [0.25, 0.3) is 0 Å². The first-order chi connectivity index (χ1) is 10.0. The number of unbranched alkanes of at least 4 members (excludes halogenated alkanes) is 1. The molecule has 0 bridgehead atoms. The molecule has 0 saturated heterocycles. The molecule has 0 radical (unpaired) electrons. The summed E-state index contributed by atoms with van der Waals surface area (Å²) in [6.07, 6.45) is 4.73. The maximum atomic E-state index is 11.8. The van der Waals surface area contributed by atoms with Gasteiger partial charge < -0.3 is 10.1 Å². The molecule has 1 amide bonds. The van der Waals surface area contributed by atoms with Crippen LogP contribution in [0.5, 0.6) is 5.75 Å². The second-order valence-electron chi connectivity index (χ2n) is 5.83. The van der Waals surface area contributed by atoms with Gasteiger partial charge in [-0.3, -0.25) is 4.79 Å². The summed E-state index contributed by atoms with van der Waals surface area (Å²) in [7, 11) is 0. The van der Waals surface area contributed by atoms with E-state index in [2.05, 4.69) is 25.2 Å². The van der Waals surface area contributed by atoms with Crippen molar-refractivity contribution in [3.63, 3.8) is 0 Å². The SMILES string of the molecule is CCCCC(CC)CNC(=O)COc1cc(C)cc(C)c1. The molecule has 0 saturated carbocycles. The molecule has 1 aromatic rings. The summed E-state index contributed by atoms with van der Waals surface area (Å²) < 4.78 is 5.56. The Labute approximate surface area is 129 Å². The van der Waals surface area contributed by atoms with Crippen LogP contribution in [0.2, 0.25) is 0 Å². The van der Waals surface area contributed by atoms with E-state index in [1.165, 1.54) is 19.3 Å². The van der Waals surface area contributed by atoms with Crippen LogP contribution in [0.15, 0.2) is 18.2 Å². The zero-order chi connectivity index (χ0) is 15.7. The number of hydrogen-bond donors (Lipinski definition) is 1. The second kappa shape index (κ2) is 9.43. The Bertz CT molecular complexity index is 423.